The van der Waals surface area contributed by atoms with E-state index in [2.05, 4.69) is 10.3 Å². The minimum Gasteiger partial charge on any atom is -0.390 e. The summed E-state index contributed by atoms with van der Waals surface area (Å²) < 4.78 is 1.94. The van der Waals surface area contributed by atoms with Gasteiger partial charge in [0.05, 0.1) is 18.1 Å². The minimum atomic E-state index is -0.134. The molecule has 0 fully saturated rings. The first-order valence-electron chi connectivity index (χ1n) is 8.99. The molecule has 28 heavy (non-hydrogen) atoms. The first kappa shape index (κ1) is 20.5. The van der Waals surface area contributed by atoms with Crippen LogP contribution >= 0.6 is 23.4 Å². The molecule has 7 heteroatoms. The summed E-state index contributed by atoms with van der Waals surface area (Å²) in [4.78, 5) is 16.6. The van der Waals surface area contributed by atoms with Crippen molar-refractivity contribution in [2.45, 2.75) is 24.7 Å². The van der Waals surface area contributed by atoms with Crippen molar-refractivity contribution in [3.8, 4) is 0 Å². The molecule has 0 spiro atoms. The van der Waals surface area contributed by atoms with E-state index in [1.807, 2.05) is 65.4 Å². The monoisotopic (exact) mass is 415 g/mol. The molecule has 5 nitrogen and oxygen atoms in total. The molecule has 1 aromatic heterocycles. The predicted octanol–water partition coefficient (Wildman–Crippen LogP) is 3.53. The second-order valence-corrected chi connectivity index (χ2v) is 7.68. The number of rotatable bonds is 9. The number of halogens is 1. The second-order valence-electron chi connectivity index (χ2n) is 6.30. The van der Waals surface area contributed by atoms with Gasteiger partial charge in [0.2, 0.25) is 5.91 Å². The SMILES string of the molecule is O=C(CSc1nc(CO)cn1Cc1ccc(Cl)cc1)NCCc1ccccc1. The molecular formula is C21H22ClN3O2S. The lowest BCUT2D eigenvalue weighted by molar-refractivity contribution is -0.118. The Morgan fingerprint density at radius 1 is 1.11 bits per heavy atom. The first-order valence-corrected chi connectivity index (χ1v) is 10.3. The maximum Gasteiger partial charge on any atom is 0.230 e. The summed E-state index contributed by atoms with van der Waals surface area (Å²) in [5.41, 5.74) is 2.85. The first-order chi connectivity index (χ1) is 13.6. The molecule has 1 amide bonds. The van der Waals surface area contributed by atoms with Gasteiger partial charge in [0.1, 0.15) is 0 Å². The maximum absolute atomic E-state index is 12.2. The van der Waals surface area contributed by atoms with Gasteiger partial charge in [0, 0.05) is 24.3 Å². The topological polar surface area (TPSA) is 67.1 Å². The van der Waals surface area contributed by atoms with Crippen molar-refractivity contribution in [3.63, 3.8) is 0 Å². The van der Waals surface area contributed by atoms with Crippen molar-refractivity contribution in [2.75, 3.05) is 12.3 Å². The molecule has 0 bridgehead atoms. The smallest absolute Gasteiger partial charge is 0.230 e. The number of hydrogen-bond acceptors (Lipinski definition) is 4. The molecule has 0 radical (unpaired) electrons. The van der Waals surface area contributed by atoms with Crippen LogP contribution in [-0.2, 0) is 24.4 Å². The summed E-state index contributed by atoms with van der Waals surface area (Å²) in [5, 5.41) is 13.7. The average Bonchev–Trinajstić information content (AvgIpc) is 3.11. The maximum atomic E-state index is 12.2. The van der Waals surface area contributed by atoms with E-state index in [1.165, 1.54) is 17.3 Å². The number of amides is 1. The third kappa shape index (κ3) is 6.12. The quantitative estimate of drug-likeness (QED) is 0.525. The summed E-state index contributed by atoms with van der Waals surface area (Å²) in [7, 11) is 0. The third-order valence-corrected chi connectivity index (χ3v) is 5.37. The van der Waals surface area contributed by atoms with E-state index in [4.69, 9.17) is 11.6 Å². The number of imidazole rings is 1. The van der Waals surface area contributed by atoms with Crippen molar-refractivity contribution in [3.05, 3.63) is 82.6 Å². The molecular weight excluding hydrogens is 394 g/mol. The van der Waals surface area contributed by atoms with Gasteiger partial charge in [-0.2, -0.15) is 0 Å². The lowest BCUT2D eigenvalue weighted by Crippen LogP contribution is -2.27. The van der Waals surface area contributed by atoms with Gasteiger partial charge < -0.3 is 15.0 Å². The Hall–Kier alpha value is -2.28. The highest BCUT2D eigenvalue weighted by Gasteiger charge is 2.11. The third-order valence-electron chi connectivity index (χ3n) is 4.13. The molecule has 0 saturated heterocycles. The van der Waals surface area contributed by atoms with Crippen LogP contribution in [0.25, 0.3) is 0 Å². The van der Waals surface area contributed by atoms with Crippen LogP contribution in [0, 0.1) is 0 Å². The second kappa shape index (κ2) is 10.3. The number of aliphatic hydroxyl groups excluding tert-OH is 1. The molecule has 0 unspecified atom stereocenters. The van der Waals surface area contributed by atoms with Crippen molar-refractivity contribution < 1.29 is 9.90 Å². The predicted molar refractivity (Wildman–Crippen MR) is 113 cm³/mol. The Morgan fingerprint density at radius 3 is 2.57 bits per heavy atom. The number of carbonyl (C=O) groups excluding carboxylic acids is 1. The van der Waals surface area contributed by atoms with Crippen LogP contribution in [0.4, 0.5) is 0 Å². The largest absolute Gasteiger partial charge is 0.390 e. The molecule has 0 aliphatic heterocycles. The van der Waals surface area contributed by atoms with Crippen LogP contribution in [0.2, 0.25) is 5.02 Å². The van der Waals surface area contributed by atoms with E-state index in [0.717, 1.165) is 12.0 Å². The summed E-state index contributed by atoms with van der Waals surface area (Å²) in [5.74, 6) is 0.240. The average molecular weight is 416 g/mol. The zero-order chi connectivity index (χ0) is 19.8. The molecule has 2 N–H and O–H groups in total. The zero-order valence-electron chi connectivity index (χ0n) is 15.3. The van der Waals surface area contributed by atoms with Gasteiger partial charge in [-0.05, 0) is 29.7 Å². The van der Waals surface area contributed by atoms with Crippen LogP contribution in [0.5, 0.6) is 0 Å². The van der Waals surface area contributed by atoms with Crippen molar-refractivity contribution in [2.24, 2.45) is 0 Å². The summed E-state index contributed by atoms with van der Waals surface area (Å²) in [6.07, 6.45) is 2.61. The van der Waals surface area contributed by atoms with Gasteiger partial charge in [0.15, 0.2) is 5.16 Å². The fourth-order valence-corrected chi connectivity index (χ4v) is 3.67. The Kier molecular flexibility index (Phi) is 7.54. The number of aromatic nitrogens is 2. The number of nitrogens with zero attached hydrogens (tertiary/aromatic N) is 2. The van der Waals surface area contributed by atoms with Crippen LogP contribution < -0.4 is 5.32 Å². The molecule has 3 rings (SSSR count). The van der Waals surface area contributed by atoms with Crippen LogP contribution in [0.15, 0.2) is 66.0 Å². The van der Waals surface area contributed by atoms with Gasteiger partial charge in [-0.3, -0.25) is 4.79 Å². The molecule has 0 atom stereocenters. The molecule has 0 saturated carbocycles. The van der Waals surface area contributed by atoms with Crippen molar-refractivity contribution in [1.29, 1.82) is 0 Å². The number of aliphatic hydroxyl groups is 1. The lowest BCUT2D eigenvalue weighted by atomic mass is 10.1. The normalized spacial score (nSPS) is 10.8. The molecule has 1 heterocycles. The number of benzene rings is 2. The Labute approximate surface area is 173 Å². The highest BCUT2D eigenvalue weighted by Crippen LogP contribution is 2.20. The summed E-state index contributed by atoms with van der Waals surface area (Å²) >= 11 is 7.30. The highest BCUT2D eigenvalue weighted by molar-refractivity contribution is 7.99. The molecule has 3 aromatic rings. The summed E-state index contributed by atoms with van der Waals surface area (Å²) in [6.45, 7) is 1.07. The van der Waals surface area contributed by atoms with Gasteiger partial charge in [-0.25, -0.2) is 4.98 Å². The number of thioether (sulfide) groups is 1. The van der Waals surface area contributed by atoms with Gasteiger partial charge in [-0.15, -0.1) is 0 Å². The fourth-order valence-electron chi connectivity index (χ4n) is 2.71. The van der Waals surface area contributed by atoms with Crippen LogP contribution in [-0.4, -0.2) is 32.9 Å². The molecule has 0 aliphatic rings. The van der Waals surface area contributed by atoms with Crippen LogP contribution in [0.3, 0.4) is 0 Å². The Balaban J connectivity index is 1.53. The van der Waals surface area contributed by atoms with E-state index in [9.17, 15) is 9.90 Å². The van der Waals surface area contributed by atoms with Gasteiger partial charge >= 0.3 is 0 Å². The Bertz CT molecular complexity index is 898. The van der Waals surface area contributed by atoms with Gasteiger partial charge in [-0.1, -0.05) is 65.8 Å². The van der Waals surface area contributed by atoms with E-state index in [0.29, 0.717) is 29.0 Å². The van der Waals surface area contributed by atoms with E-state index in [1.54, 1.807) is 0 Å². The van der Waals surface area contributed by atoms with E-state index >= 15 is 0 Å². The molecule has 0 aliphatic carbocycles. The standard InChI is InChI=1S/C21H22ClN3O2S/c22-18-8-6-17(7-9-18)12-25-13-19(14-26)24-21(25)28-15-20(27)23-11-10-16-4-2-1-3-5-16/h1-9,13,26H,10-12,14-15H2,(H,23,27). The molecule has 2 aromatic carbocycles. The Morgan fingerprint density at radius 2 is 1.86 bits per heavy atom. The van der Waals surface area contributed by atoms with Crippen molar-refractivity contribution >= 4 is 29.3 Å². The number of carbonyl (C=O) groups is 1. The minimum absolute atomic E-state index is 0.0347. The van der Waals surface area contributed by atoms with Gasteiger partial charge in [0.25, 0.3) is 0 Å². The zero-order valence-corrected chi connectivity index (χ0v) is 16.9. The summed E-state index contributed by atoms with van der Waals surface area (Å²) in [6, 6.07) is 17.6. The lowest BCUT2D eigenvalue weighted by Gasteiger charge is -2.08. The van der Waals surface area contributed by atoms with E-state index in [-0.39, 0.29) is 18.3 Å². The van der Waals surface area contributed by atoms with Crippen molar-refractivity contribution in [1.82, 2.24) is 14.9 Å². The highest BCUT2D eigenvalue weighted by atomic mass is 35.5. The number of hydrogen-bond donors (Lipinski definition) is 2. The molecule has 146 valence electrons. The number of nitrogens with one attached hydrogen (secondary N) is 1. The fraction of sp³-hybridized carbons (Fsp3) is 0.238. The van der Waals surface area contributed by atoms with E-state index < -0.39 is 0 Å². The van der Waals surface area contributed by atoms with Crippen LogP contribution in [0.1, 0.15) is 16.8 Å².